The van der Waals surface area contributed by atoms with E-state index in [4.69, 9.17) is 4.74 Å². The summed E-state index contributed by atoms with van der Waals surface area (Å²) in [5, 5.41) is 3.30. The minimum atomic E-state index is -0.327. The number of para-hydroxylation sites is 2. The Hall–Kier alpha value is -3.74. The number of imidazole rings is 1. The molecule has 0 aliphatic rings. The summed E-state index contributed by atoms with van der Waals surface area (Å²) in [7, 11) is 0. The molecule has 0 fully saturated rings. The van der Waals surface area contributed by atoms with Crippen molar-refractivity contribution in [3.8, 4) is 5.82 Å². The van der Waals surface area contributed by atoms with Gasteiger partial charge < -0.3 is 10.1 Å². The minimum Gasteiger partial charge on any atom is -0.462 e. The van der Waals surface area contributed by atoms with Crippen LogP contribution in [0.2, 0.25) is 0 Å². The number of benzene rings is 2. The number of carbonyl (C=O) groups is 1. The lowest BCUT2D eigenvalue weighted by atomic mass is 10.1. The van der Waals surface area contributed by atoms with E-state index in [0.717, 1.165) is 22.4 Å². The summed E-state index contributed by atoms with van der Waals surface area (Å²) in [5.74, 6) is 0.893. The number of nitrogens with one attached hydrogen (secondary N) is 1. The van der Waals surface area contributed by atoms with Crippen molar-refractivity contribution in [2.75, 3.05) is 11.9 Å². The van der Waals surface area contributed by atoms with E-state index in [2.05, 4.69) is 20.3 Å². The molecule has 0 amide bonds. The number of hydrogen-bond acceptors (Lipinski definition) is 6. The summed E-state index contributed by atoms with van der Waals surface area (Å²) in [6.07, 6.45) is 3.46. The van der Waals surface area contributed by atoms with Gasteiger partial charge in [0.25, 0.3) is 0 Å². The molecular weight excluding hydrogens is 366 g/mol. The highest BCUT2D eigenvalue weighted by Crippen LogP contribution is 2.21. The second-order valence-electron chi connectivity index (χ2n) is 6.55. The smallest absolute Gasteiger partial charge is 0.338 e. The van der Waals surface area contributed by atoms with E-state index in [9.17, 15) is 4.79 Å². The number of hydrogen-bond donors (Lipinski definition) is 1. The number of carbonyl (C=O) groups excluding carboxylic acids is 1. The molecule has 7 nitrogen and oxygen atoms in total. The first kappa shape index (κ1) is 18.6. The van der Waals surface area contributed by atoms with Gasteiger partial charge in [0.2, 0.25) is 5.95 Å². The zero-order valence-electron chi connectivity index (χ0n) is 16.2. The van der Waals surface area contributed by atoms with Gasteiger partial charge in [-0.25, -0.2) is 14.8 Å². The Morgan fingerprint density at radius 3 is 2.86 bits per heavy atom. The van der Waals surface area contributed by atoms with Gasteiger partial charge in [0.15, 0.2) is 0 Å². The van der Waals surface area contributed by atoms with Gasteiger partial charge in [-0.3, -0.25) is 4.57 Å². The molecule has 29 heavy (non-hydrogen) atoms. The first-order valence-corrected chi connectivity index (χ1v) is 9.45. The lowest BCUT2D eigenvalue weighted by molar-refractivity contribution is 0.0526. The molecule has 0 bridgehead atoms. The van der Waals surface area contributed by atoms with E-state index in [-0.39, 0.29) is 12.0 Å². The Balaban J connectivity index is 1.57. The van der Waals surface area contributed by atoms with E-state index in [1.165, 1.54) is 0 Å². The Labute approximate surface area is 168 Å². The Morgan fingerprint density at radius 1 is 1.14 bits per heavy atom. The molecule has 0 aliphatic carbocycles. The Kier molecular flexibility index (Phi) is 5.20. The minimum absolute atomic E-state index is 0.0980. The number of anilines is 1. The fraction of sp³-hybridized carbons (Fsp3) is 0.182. The molecule has 2 heterocycles. The van der Waals surface area contributed by atoms with Gasteiger partial charge in [-0.05, 0) is 49.7 Å². The van der Waals surface area contributed by atoms with Crippen molar-refractivity contribution < 1.29 is 9.53 Å². The second-order valence-corrected chi connectivity index (χ2v) is 6.55. The van der Waals surface area contributed by atoms with Crippen LogP contribution in [0.5, 0.6) is 0 Å². The van der Waals surface area contributed by atoms with Gasteiger partial charge in [0.1, 0.15) is 12.1 Å². The molecule has 2 aromatic carbocycles. The molecule has 0 radical (unpaired) electrons. The standard InChI is InChI=1S/C22H21N5O2/c1-3-29-21(28)17-8-6-7-16(13-17)15(2)25-22-23-12-11-20(26-22)27-14-24-18-9-4-5-10-19(18)27/h4-15H,3H2,1-2H3,(H,23,25,26). The van der Waals surface area contributed by atoms with Crippen LogP contribution in [0.3, 0.4) is 0 Å². The number of aromatic nitrogens is 4. The molecule has 1 atom stereocenters. The highest BCUT2D eigenvalue weighted by Gasteiger charge is 2.13. The molecule has 4 aromatic rings. The molecule has 1 N–H and O–H groups in total. The molecule has 7 heteroatoms. The van der Waals surface area contributed by atoms with Gasteiger partial charge >= 0.3 is 5.97 Å². The monoisotopic (exact) mass is 387 g/mol. The van der Waals surface area contributed by atoms with Crippen LogP contribution in [-0.4, -0.2) is 32.1 Å². The number of fused-ring (bicyclic) bond motifs is 1. The summed E-state index contributed by atoms with van der Waals surface area (Å²) in [6, 6.07) is 17.0. The fourth-order valence-corrected chi connectivity index (χ4v) is 3.12. The molecule has 146 valence electrons. The van der Waals surface area contributed by atoms with Crippen LogP contribution in [0.4, 0.5) is 5.95 Å². The van der Waals surface area contributed by atoms with Gasteiger partial charge in [-0.2, -0.15) is 4.98 Å². The van der Waals surface area contributed by atoms with Gasteiger partial charge in [0, 0.05) is 6.20 Å². The average molecular weight is 387 g/mol. The molecule has 0 aliphatic heterocycles. The summed E-state index contributed by atoms with van der Waals surface area (Å²) in [5.41, 5.74) is 3.35. The number of esters is 1. The second kappa shape index (κ2) is 8.10. The lowest BCUT2D eigenvalue weighted by Gasteiger charge is -2.15. The molecule has 0 spiro atoms. The van der Waals surface area contributed by atoms with Crippen molar-refractivity contribution in [1.29, 1.82) is 0 Å². The van der Waals surface area contributed by atoms with Crippen LogP contribution < -0.4 is 5.32 Å². The molecule has 0 saturated heterocycles. The van der Waals surface area contributed by atoms with Crippen molar-refractivity contribution in [2.45, 2.75) is 19.9 Å². The maximum Gasteiger partial charge on any atom is 0.338 e. The van der Waals surface area contributed by atoms with Crippen molar-refractivity contribution in [3.05, 3.63) is 78.2 Å². The largest absolute Gasteiger partial charge is 0.462 e. The number of rotatable bonds is 6. The summed E-state index contributed by atoms with van der Waals surface area (Å²) < 4.78 is 7.01. The highest BCUT2D eigenvalue weighted by atomic mass is 16.5. The third kappa shape index (κ3) is 3.94. The number of ether oxygens (including phenoxy) is 1. The third-order valence-electron chi connectivity index (χ3n) is 4.58. The zero-order valence-corrected chi connectivity index (χ0v) is 16.2. The van der Waals surface area contributed by atoms with Crippen LogP contribution in [-0.2, 0) is 4.74 Å². The van der Waals surface area contributed by atoms with Crippen molar-refractivity contribution >= 4 is 23.0 Å². The topological polar surface area (TPSA) is 81.9 Å². The first-order valence-electron chi connectivity index (χ1n) is 9.45. The van der Waals surface area contributed by atoms with E-state index >= 15 is 0 Å². The summed E-state index contributed by atoms with van der Waals surface area (Å²) >= 11 is 0. The Morgan fingerprint density at radius 2 is 2.00 bits per heavy atom. The highest BCUT2D eigenvalue weighted by molar-refractivity contribution is 5.89. The van der Waals surface area contributed by atoms with Crippen molar-refractivity contribution in [3.63, 3.8) is 0 Å². The molecular formula is C22H21N5O2. The number of nitrogens with zero attached hydrogens (tertiary/aromatic N) is 4. The predicted molar refractivity (Wildman–Crippen MR) is 111 cm³/mol. The third-order valence-corrected chi connectivity index (χ3v) is 4.58. The van der Waals surface area contributed by atoms with E-state index in [0.29, 0.717) is 18.1 Å². The molecule has 2 aromatic heterocycles. The van der Waals surface area contributed by atoms with Gasteiger partial charge in [0.05, 0.1) is 29.2 Å². The van der Waals surface area contributed by atoms with Crippen LogP contribution in [0.1, 0.15) is 35.8 Å². The maximum atomic E-state index is 12.0. The van der Waals surface area contributed by atoms with Gasteiger partial charge in [-0.1, -0.05) is 24.3 Å². The van der Waals surface area contributed by atoms with Crippen LogP contribution in [0, 0.1) is 0 Å². The van der Waals surface area contributed by atoms with Crippen LogP contribution in [0.25, 0.3) is 16.9 Å². The van der Waals surface area contributed by atoms with Crippen LogP contribution >= 0.6 is 0 Å². The SMILES string of the molecule is CCOC(=O)c1cccc(C(C)Nc2nccc(-n3cnc4ccccc43)n2)c1. The van der Waals surface area contributed by atoms with Crippen LogP contribution in [0.15, 0.2) is 67.1 Å². The van der Waals surface area contributed by atoms with Crippen molar-refractivity contribution in [2.24, 2.45) is 0 Å². The fourth-order valence-electron chi connectivity index (χ4n) is 3.12. The Bertz CT molecular complexity index is 1150. The maximum absolute atomic E-state index is 12.0. The summed E-state index contributed by atoms with van der Waals surface area (Å²) in [4.78, 5) is 25.4. The van der Waals surface area contributed by atoms with E-state index in [1.807, 2.05) is 60.0 Å². The first-order chi connectivity index (χ1) is 14.2. The zero-order chi connectivity index (χ0) is 20.2. The van der Waals surface area contributed by atoms with Gasteiger partial charge in [-0.15, -0.1) is 0 Å². The average Bonchev–Trinajstić information content (AvgIpc) is 3.18. The normalized spacial score (nSPS) is 11.9. The quantitative estimate of drug-likeness (QED) is 0.500. The summed E-state index contributed by atoms with van der Waals surface area (Å²) in [6.45, 7) is 4.13. The predicted octanol–water partition coefficient (Wildman–Crippen LogP) is 4.17. The van der Waals surface area contributed by atoms with Crippen molar-refractivity contribution in [1.82, 2.24) is 19.5 Å². The molecule has 1 unspecified atom stereocenters. The molecule has 4 rings (SSSR count). The lowest BCUT2D eigenvalue weighted by Crippen LogP contribution is -2.12. The molecule has 0 saturated carbocycles. The van der Waals surface area contributed by atoms with E-state index < -0.39 is 0 Å². The van der Waals surface area contributed by atoms with E-state index in [1.54, 1.807) is 25.5 Å².